The molecule has 118 valence electrons. The van der Waals surface area contributed by atoms with Gasteiger partial charge in [-0.25, -0.2) is 4.98 Å². The number of aldehydes is 1. The predicted octanol–water partition coefficient (Wildman–Crippen LogP) is 1.83. The number of ether oxygens (including phenoxy) is 2. The quantitative estimate of drug-likeness (QED) is 0.596. The Kier molecular flexibility index (Phi) is 5.40. The maximum Gasteiger partial charge on any atom is 0.213 e. The monoisotopic (exact) mass is 312 g/mol. The van der Waals surface area contributed by atoms with E-state index in [2.05, 4.69) is 9.97 Å². The number of allylic oxidation sites excluding steroid dienone is 1. The zero-order valence-electron chi connectivity index (χ0n) is 12.5. The molecule has 2 aromatic heterocycles. The third-order valence-corrected chi connectivity index (χ3v) is 3.09. The Bertz CT molecular complexity index is 744. The highest BCUT2D eigenvalue weighted by atomic mass is 16.5. The molecule has 0 amide bonds. The number of carbonyl (C=O) groups excluding carboxylic acids is 1. The molecule has 0 atom stereocenters. The van der Waals surface area contributed by atoms with Crippen LogP contribution in [0.4, 0.5) is 0 Å². The van der Waals surface area contributed by atoms with Crippen LogP contribution >= 0.6 is 0 Å². The van der Waals surface area contributed by atoms with Crippen molar-refractivity contribution in [2.75, 3.05) is 7.11 Å². The maximum absolute atomic E-state index is 11.1. The molecule has 0 aliphatic rings. The lowest BCUT2D eigenvalue weighted by atomic mass is 10.1. The lowest BCUT2D eigenvalue weighted by Gasteiger charge is -2.12. The van der Waals surface area contributed by atoms with Gasteiger partial charge in [-0.3, -0.25) is 9.78 Å². The van der Waals surface area contributed by atoms with Crippen molar-refractivity contribution in [1.29, 1.82) is 5.41 Å². The van der Waals surface area contributed by atoms with Crippen molar-refractivity contribution in [3.8, 4) is 11.6 Å². The number of carbonyl (C=O) groups is 1. The molecule has 0 fully saturated rings. The first-order valence-corrected chi connectivity index (χ1v) is 6.72. The van der Waals surface area contributed by atoms with Crippen LogP contribution in [0, 0.1) is 5.41 Å². The minimum atomic E-state index is 0.156. The number of aromatic nitrogens is 2. The van der Waals surface area contributed by atoms with Crippen molar-refractivity contribution in [3.63, 3.8) is 0 Å². The molecule has 0 aliphatic carbocycles. The molecule has 0 radical (unpaired) electrons. The summed E-state index contributed by atoms with van der Waals surface area (Å²) < 4.78 is 10.6. The highest BCUT2D eigenvalue weighted by Gasteiger charge is 2.10. The predicted molar refractivity (Wildman–Crippen MR) is 85.7 cm³/mol. The number of pyridine rings is 2. The minimum absolute atomic E-state index is 0.156. The molecule has 0 aliphatic heterocycles. The Morgan fingerprint density at radius 2 is 2.26 bits per heavy atom. The van der Waals surface area contributed by atoms with Crippen molar-refractivity contribution in [1.82, 2.24) is 9.97 Å². The van der Waals surface area contributed by atoms with E-state index in [0.29, 0.717) is 34.7 Å². The Balaban J connectivity index is 2.25. The maximum atomic E-state index is 11.1. The van der Waals surface area contributed by atoms with Crippen LogP contribution in [-0.4, -0.2) is 29.6 Å². The van der Waals surface area contributed by atoms with Crippen LogP contribution in [0.5, 0.6) is 11.6 Å². The van der Waals surface area contributed by atoms with Gasteiger partial charge in [0.25, 0.3) is 0 Å². The Morgan fingerprint density at radius 3 is 2.91 bits per heavy atom. The molecule has 2 rings (SSSR count). The third kappa shape index (κ3) is 3.70. The van der Waals surface area contributed by atoms with E-state index < -0.39 is 0 Å². The SMILES string of the molecule is COc1cc(C=O)c(OCc2cccnc2/C(C=N)=C/N)cn1. The van der Waals surface area contributed by atoms with Gasteiger partial charge in [-0.05, 0) is 6.07 Å². The minimum Gasteiger partial charge on any atom is -0.486 e. The Labute approximate surface area is 133 Å². The number of methoxy groups -OCH3 is 1. The largest absolute Gasteiger partial charge is 0.486 e. The van der Waals surface area contributed by atoms with E-state index in [0.717, 1.165) is 11.8 Å². The lowest BCUT2D eigenvalue weighted by molar-refractivity contribution is 0.111. The van der Waals surface area contributed by atoms with Crippen LogP contribution in [-0.2, 0) is 6.61 Å². The van der Waals surface area contributed by atoms with Gasteiger partial charge in [0.15, 0.2) is 6.29 Å². The zero-order valence-corrected chi connectivity index (χ0v) is 12.5. The second kappa shape index (κ2) is 7.69. The summed E-state index contributed by atoms with van der Waals surface area (Å²) in [6.45, 7) is 0.156. The van der Waals surface area contributed by atoms with Gasteiger partial charge in [-0.2, -0.15) is 0 Å². The fraction of sp³-hybridized carbons (Fsp3) is 0.125. The molecule has 0 spiro atoms. The van der Waals surface area contributed by atoms with Gasteiger partial charge in [0, 0.05) is 35.8 Å². The van der Waals surface area contributed by atoms with Gasteiger partial charge >= 0.3 is 0 Å². The van der Waals surface area contributed by atoms with Crippen LogP contribution < -0.4 is 15.2 Å². The molecule has 7 nitrogen and oxygen atoms in total. The van der Waals surface area contributed by atoms with Gasteiger partial charge in [0.1, 0.15) is 12.4 Å². The van der Waals surface area contributed by atoms with Gasteiger partial charge in [0.05, 0.1) is 24.6 Å². The molecule has 7 heteroatoms. The van der Waals surface area contributed by atoms with E-state index in [1.165, 1.54) is 25.6 Å². The van der Waals surface area contributed by atoms with E-state index in [1.807, 2.05) is 6.07 Å². The van der Waals surface area contributed by atoms with E-state index in [4.69, 9.17) is 20.6 Å². The Hall–Kier alpha value is -3.22. The van der Waals surface area contributed by atoms with Crippen molar-refractivity contribution >= 4 is 18.1 Å². The van der Waals surface area contributed by atoms with Crippen molar-refractivity contribution in [2.24, 2.45) is 5.73 Å². The highest BCUT2D eigenvalue weighted by Crippen LogP contribution is 2.22. The summed E-state index contributed by atoms with van der Waals surface area (Å²) in [5.74, 6) is 0.669. The number of rotatable bonds is 7. The van der Waals surface area contributed by atoms with Gasteiger partial charge in [-0.1, -0.05) is 6.07 Å². The molecule has 2 aromatic rings. The van der Waals surface area contributed by atoms with Crippen LogP contribution in [0.1, 0.15) is 21.6 Å². The van der Waals surface area contributed by atoms with Gasteiger partial charge < -0.3 is 20.6 Å². The number of nitrogens with zero attached hydrogens (tertiary/aromatic N) is 2. The molecule has 0 saturated heterocycles. The second-order valence-electron chi connectivity index (χ2n) is 4.45. The summed E-state index contributed by atoms with van der Waals surface area (Å²) in [7, 11) is 1.47. The molecule has 0 saturated carbocycles. The first-order valence-electron chi connectivity index (χ1n) is 6.72. The summed E-state index contributed by atoms with van der Waals surface area (Å²) in [6, 6.07) is 5.06. The standard InChI is InChI=1S/C16H16N4O3/c1-22-15-5-12(9-21)14(8-20-15)23-10-11-3-2-4-19-16(11)13(6-17)7-18/h2-9,17H,10,18H2,1H3/b13-7+,17-6?. The number of hydrogen-bond donors (Lipinski definition) is 2. The molecule has 23 heavy (non-hydrogen) atoms. The van der Waals surface area contributed by atoms with Crippen LogP contribution in [0.3, 0.4) is 0 Å². The van der Waals surface area contributed by atoms with E-state index in [1.54, 1.807) is 12.3 Å². The smallest absolute Gasteiger partial charge is 0.213 e. The van der Waals surface area contributed by atoms with Crippen molar-refractivity contribution in [3.05, 3.63) is 53.6 Å². The molecular formula is C16H16N4O3. The van der Waals surface area contributed by atoms with Crippen LogP contribution in [0.2, 0.25) is 0 Å². The molecule has 0 unspecified atom stereocenters. The second-order valence-corrected chi connectivity index (χ2v) is 4.45. The summed E-state index contributed by atoms with van der Waals surface area (Å²) >= 11 is 0. The average Bonchev–Trinajstić information content (AvgIpc) is 2.61. The molecule has 0 aromatic carbocycles. The topological polar surface area (TPSA) is 111 Å². The fourth-order valence-corrected chi connectivity index (χ4v) is 1.93. The van der Waals surface area contributed by atoms with E-state index >= 15 is 0 Å². The van der Waals surface area contributed by atoms with Crippen LogP contribution in [0.15, 0.2) is 36.8 Å². The highest BCUT2D eigenvalue weighted by molar-refractivity contribution is 6.07. The summed E-state index contributed by atoms with van der Waals surface area (Å²) in [4.78, 5) is 19.4. The van der Waals surface area contributed by atoms with Crippen molar-refractivity contribution < 1.29 is 14.3 Å². The zero-order chi connectivity index (χ0) is 16.7. The van der Waals surface area contributed by atoms with E-state index in [-0.39, 0.29) is 6.61 Å². The fourth-order valence-electron chi connectivity index (χ4n) is 1.93. The average molecular weight is 312 g/mol. The summed E-state index contributed by atoms with van der Waals surface area (Å²) in [5.41, 5.74) is 7.61. The molecular weight excluding hydrogens is 296 g/mol. The Morgan fingerprint density at radius 1 is 1.43 bits per heavy atom. The molecule has 3 N–H and O–H groups in total. The number of nitrogens with one attached hydrogen (secondary N) is 1. The van der Waals surface area contributed by atoms with E-state index in [9.17, 15) is 4.79 Å². The molecule has 2 heterocycles. The number of nitrogens with two attached hydrogens (primary N) is 1. The first-order chi connectivity index (χ1) is 11.2. The lowest BCUT2D eigenvalue weighted by Crippen LogP contribution is -2.05. The van der Waals surface area contributed by atoms with Gasteiger partial charge in [0.2, 0.25) is 5.88 Å². The van der Waals surface area contributed by atoms with Crippen molar-refractivity contribution in [2.45, 2.75) is 6.61 Å². The molecule has 0 bridgehead atoms. The van der Waals surface area contributed by atoms with Gasteiger partial charge in [-0.15, -0.1) is 0 Å². The third-order valence-electron chi connectivity index (χ3n) is 3.09. The van der Waals surface area contributed by atoms with Crippen LogP contribution in [0.25, 0.3) is 5.57 Å². The summed E-state index contributed by atoms with van der Waals surface area (Å²) in [6.07, 6.45) is 6.14. The summed E-state index contributed by atoms with van der Waals surface area (Å²) in [5, 5.41) is 7.37. The first kappa shape index (κ1) is 16.2. The normalized spacial score (nSPS) is 10.9. The number of hydrogen-bond acceptors (Lipinski definition) is 7.